The average molecular weight is 302 g/mol. The second-order valence-electron chi connectivity index (χ2n) is 5.30. The summed E-state index contributed by atoms with van der Waals surface area (Å²) in [6.07, 6.45) is 3.52. The van der Waals surface area contributed by atoms with Gasteiger partial charge in [0.25, 0.3) is 0 Å². The van der Waals surface area contributed by atoms with E-state index < -0.39 is 0 Å². The first kappa shape index (κ1) is 15.0. The Kier molecular flexibility index (Phi) is 4.79. The van der Waals surface area contributed by atoms with Gasteiger partial charge in [-0.25, -0.2) is 0 Å². The molecule has 3 nitrogen and oxygen atoms in total. The fourth-order valence-electron chi connectivity index (χ4n) is 2.23. The van der Waals surface area contributed by atoms with Crippen molar-refractivity contribution in [3.05, 3.63) is 101 Å². The number of oxime groups is 1. The lowest BCUT2D eigenvalue weighted by molar-refractivity contribution is 0.131. The molecule has 3 aromatic rings. The maximum absolute atomic E-state index is 5.60. The van der Waals surface area contributed by atoms with Gasteiger partial charge in [-0.3, -0.25) is 4.98 Å². The highest BCUT2D eigenvalue weighted by atomic mass is 16.6. The SMILES string of the molecule is Cc1ccc(CON=C(c2ccccc2)c2ccncc2)cc1. The predicted molar refractivity (Wildman–Crippen MR) is 92.3 cm³/mol. The highest BCUT2D eigenvalue weighted by Gasteiger charge is 2.07. The van der Waals surface area contributed by atoms with Gasteiger partial charge in [-0.2, -0.15) is 0 Å². The monoisotopic (exact) mass is 302 g/mol. The topological polar surface area (TPSA) is 34.5 Å². The second kappa shape index (κ2) is 7.36. The Morgan fingerprint density at radius 2 is 1.52 bits per heavy atom. The first-order valence-electron chi connectivity index (χ1n) is 7.54. The first-order valence-corrected chi connectivity index (χ1v) is 7.54. The minimum atomic E-state index is 0.446. The molecule has 0 N–H and O–H groups in total. The van der Waals surface area contributed by atoms with Crippen molar-refractivity contribution in [3.63, 3.8) is 0 Å². The van der Waals surface area contributed by atoms with Gasteiger partial charge in [0.2, 0.25) is 0 Å². The molecule has 0 unspecified atom stereocenters. The van der Waals surface area contributed by atoms with Crippen LogP contribution in [0.5, 0.6) is 0 Å². The third kappa shape index (κ3) is 4.04. The van der Waals surface area contributed by atoms with Gasteiger partial charge in [0.1, 0.15) is 12.3 Å². The molecule has 0 atom stereocenters. The standard InChI is InChI=1S/C20H18N2O/c1-16-7-9-17(10-8-16)15-23-22-20(18-5-3-2-4-6-18)19-11-13-21-14-12-19/h2-14H,15H2,1H3. The molecule has 0 amide bonds. The molecule has 0 aliphatic carbocycles. The van der Waals surface area contributed by atoms with Crippen LogP contribution in [0.4, 0.5) is 0 Å². The molecule has 0 saturated carbocycles. The lowest BCUT2D eigenvalue weighted by Gasteiger charge is -2.07. The molecule has 3 heteroatoms. The maximum atomic E-state index is 5.60. The molecule has 0 spiro atoms. The lowest BCUT2D eigenvalue weighted by Crippen LogP contribution is -2.04. The molecular weight excluding hydrogens is 284 g/mol. The van der Waals surface area contributed by atoms with Crippen LogP contribution in [-0.4, -0.2) is 10.7 Å². The molecule has 0 fully saturated rings. The Bertz CT molecular complexity index is 724. The van der Waals surface area contributed by atoms with Gasteiger partial charge >= 0.3 is 0 Å². The Labute approximate surface area is 136 Å². The van der Waals surface area contributed by atoms with E-state index in [0.717, 1.165) is 22.4 Å². The summed E-state index contributed by atoms with van der Waals surface area (Å²) in [5.41, 5.74) is 5.14. The van der Waals surface area contributed by atoms with Crippen LogP contribution in [0, 0.1) is 6.92 Å². The van der Waals surface area contributed by atoms with Crippen molar-refractivity contribution in [1.29, 1.82) is 0 Å². The number of pyridine rings is 1. The zero-order valence-electron chi connectivity index (χ0n) is 13.0. The van der Waals surface area contributed by atoms with E-state index in [4.69, 9.17) is 4.84 Å². The molecule has 0 bridgehead atoms. The first-order chi connectivity index (χ1) is 11.3. The Hall–Kier alpha value is -2.94. The van der Waals surface area contributed by atoms with E-state index in [1.807, 2.05) is 42.5 Å². The van der Waals surface area contributed by atoms with E-state index in [-0.39, 0.29) is 0 Å². The third-order valence-corrected chi connectivity index (χ3v) is 3.51. The van der Waals surface area contributed by atoms with Crippen LogP contribution >= 0.6 is 0 Å². The number of aryl methyl sites for hydroxylation is 1. The van der Waals surface area contributed by atoms with Crippen molar-refractivity contribution in [3.8, 4) is 0 Å². The summed E-state index contributed by atoms with van der Waals surface area (Å²) in [6.45, 7) is 2.52. The fraction of sp³-hybridized carbons (Fsp3) is 0.100. The summed E-state index contributed by atoms with van der Waals surface area (Å²) in [4.78, 5) is 9.66. The van der Waals surface area contributed by atoms with Gasteiger partial charge < -0.3 is 4.84 Å². The second-order valence-corrected chi connectivity index (χ2v) is 5.30. The van der Waals surface area contributed by atoms with Gasteiger partial charge in [-0.15, -0.1) is 0 Å². The predicted octanol–water partition coefficient (Wildman–Crippen LogP) is 4.36. The van der Waals surface area contributed by atoms with Crippen molar-refractivity contribution in [2.24, 2.45) is 5.16 Å². The highest BCUT2D eigenvalue weighted by molar-refractivity contribution is 6.12. The molecule has 0 aliphatic heterocycles. The molecule has 2 aromatic carbocycles. The average Bonchev–Trinajstić information content (AvgIpc) is 2.62. The van der Waals surface area contributed by atoms with Gasteiger partial charge in [-0.1, -0.05) is 65.3 Å². The number of hydrogen-bond acceptors (Lipinski definition) is 3. The zero-order valence-corrected chi connectivity index (χ0v) is 13.0. The normalized spacial score (nSPS) is 11.3. The van der Waals surface area contributed by atoms with Crippen molar-refractivity contribution in [1.82, 2.24) is 4.98 Å². The molecule has 114 valence electrons. The van der Waals surface area contributed by atoms with Crippen LogP contribution in [0.1, 0.15) is 22.3 Å². The van der Waals surface area contributed by atoms with Crippen LogP contribution in [0.25, 0.3) is 0 Å². The fourth-order valence-corrected chi connectivity index (χ4v) is 2.23. The van der Waals surface area contributed by atoms with Crippen molar-refractivity contribution in [2.45, 2.75) is 13.5 Å². The zero-order chi connectivity index (χ0) is 15.9. The number of nitrogens with zero attached hydrogens (tertiary/aromatic N) is 2. The summed E-state index contributed by atoms with van der Waals surface area (Å²) in [5.74, 6) is 0. The van der Waals surface area contributed by atoms with E-state index in [2.05, 4.69) is 41.3 Å². The van der Waals surface area contributed by atoms with Crippen LogP contribution in [0.3, 0.4) is 0 Å². The molecule has 1 heterocycles. The van der Waals surface area contributed by atoms with Gasteiger partial charge in [-0.05, 0) is 24.6 Å². The smallest absolute Gasteiger partial charge is 0.142 e. The van der Waals surface area contributed by atoms with Crippen molar-refractivity contribution < 1.29 is 4.84 Å². The van der Waals surface area contributed by atoms with E-state index >= 15 is 0 Å². The van der Waals surface area contributed by atoms with Crippen LogP contribution in [0.2, 0.25) is 0 Å². The summed E-state index contributed by atoms with van der Waals surface area (Å²) in [6, 6.07) is 22.1. The molecule has 1 aromatic heterocycles. The van der Waals surface area contributed by atoms with Gasteiger partial charge in [0.15, 0.2) is 0 Å². The van der Waals surface area contributed by atoms with E-state index in [9.17, 15) is 0 Å². The molecule has 0 saturated heterocycles. The van der Waals surface area contributed by atoms with E-state index in [1.54, 1.807) is 12.4 Å². The van der Waals surface area contributed by atoms with Crippen molar-refractivity contribution >= 4 is 5.71 Å². The summed E-state index contributed by atoms with van der Waals surface area (Å²) in [5, 5.41) is 4.37. The lowest BCUT2D eigenvalue weighted by atomic mass is 10.0. The summed E-state index contributed by atoms with van der Waals surface area (Å²) in [7, 11) is 0. The van der Waals surface area contributed by atoms with E-state index in [1.165, 1.54) is 5.56 Å². The molecule has 23 heavy (non-hydrogen) atoms. The minimum Gasteiger partial charge on any atom is -0.390 e. The van der Waals surface area contributed by atoms with Gasteiger partial charge in [0, 0.05) is 23.5 Å². The number of hydrogen-bond donors (Lipinski definition) is 0. The van der Waals surface area contributed by atoms with Crippen molar-refractivity contribution in [2.75, 3.05) is 0 Å². The number of benzene rings is 2. The number of rotatable bonds is 5. The summed E-state index contributed by atoms with van der Waals surface area (Å²) < 4.78 is 0. The Balaban J connectivity index is 1.82. The van der Waals surface area contributed by atoms with Crippen LogP contribution in [0.15, 0.2) is 84.3 Å². The molecule has 0 aliphatic rings. The highest BCUT2D eigenvalue weighted by Crippen LogP contribution is 2.12. The van der Waals surface area contributed by atoms with Gasteiger partial charge in [0.05, 0.1) is 0 Å². The largest absolute Gasteiger partial charge is 0.390 e. The molecule has 3 rings (SSSR count). The quantitative estimate of drug-likeness (QED) is 0.518. The minimum absolute atomic E-state index is 0.446. The third-order valence-electron chi connectivity index (χ3n) is 3.51. The Morgan fingerprint density at radius 1 is 0.870 bits per heavy atom. The summed E-state index contributed by atoms with van der Waals surface area (Å²) >= 11 is 0. The van der Waals surface area contributed by atoms with Crippen LogP contribution < -0.4 is 0 Å². The van der Waals surface area contributed by atoms with E-state index in [0.29, 0.717) is 6.61 Å². The molecular formula is C20H18N2O. The Morgan fingerprint density at radius 3 is 2.22 bits per heavy atom. The molecule has 0 radical (unpaired) electrons. The maximum Gasteiger partial charge on any atom is 0.142 e. The number of aromatic nitrogens is 1. The van der Waals surface area contributed by atoms with Crippen LogP contribution in [-0.2, 0) is 11.4 Å².